The lowest BCUT2D eigenvalue weighted by atomic mass is 9.92. The summed E-state index contributed by atoms with van der Waals surface area (Å²) in [5.74, 6) is -0.526. The van der Waals surface area contributed by atoms with E-state index in [4.69, 9.17) is 20.5 Å². The molecule has 1 aromatic heterocycles. The van der Waals surface area contributed by atoms with Crippen molar-refractivity contribution in [1.82, 2.24) is 5.16 Å². The van der Waals surface area contributed by atoms with Crippen molar-refractivity contribution in [2.45, 2.75) is 19.4 Å². The van der Waals surface area contributed by atoms with Crippen LogP contribution < -0.4 is 5.73 Å². The van der Waals surface area contributed by atoms with Crippen LogP contribution in [-0.2, 0) is 4.79 Å². The van der Waals surface area contributed by atoms with Crippen molar-refractivity contribution in [2.24, 2.45) is 10.7 Å². The summed E-state index contributed by atoms with van der Waals surface area (Å²) in [4.78, 5) is 16.4. The molecule has 1 aliphatic heterocycles. The molecule has 1 unspecified atom stereocenters. The van der Waals surface area contributed by atoms with Gasteiger partial charge >= 0.3 is 0 Å². The third-order valence-corrected chi connectivity index (χ3v) is 4.66. The van der Waals surface area contributed by atoms with E-state index in [9.17, 15) is 9.18 Å². The molecule has 1 aliphatic rings. The highest BCUT2D eigenvalue weighted by Gasteiger charge is 2.31. The van der Waals surface area contributed by atoms with Crippen molar-refractivity contribution in [3.63, 3.8) is 0 Å². The number of halogens is 1. The molecular weight excluding hydrogens is 359 g/mol. The highest BCUT2D eigenvalue weighted by atomic mass is 19.1. The van der Waals surface area contributed by atoms with Crippen molar-refractivity contribution in [1.29, 1.82) is 5.26 Å². The van der Waals surface area contributed by atoms with Crippen molar-refractivity contribution in [2.75, 3.05) is 0 Å². The third-order valence-electron chi connectivity index (χ3n) is 4.66. The van der Waals surface area contributed by atoms with Crippen LogP contribution in [0.1, 0.15) is 40.6 Å². The van der Waals surface area contributed by atoms with E-state index in [2.05, 4.69) is 11.2 Å². The Morgan fingerprint density at radius 2 is 2.00 bits per heavy atom. The van der Waals surface area contributed by atoms with Gasteiger partial charge in [0.2, 0.25) is 5.91 Å². The summed E-state index contributed by atoms with van der Waals surface area (Å²) < 4.78 is 19.6. The quantitative estimate of drug-likeness (QED) is 0.758. The fourth-order valence-corrected chi connectivity index (χ4v) is 3.42. The van der Waals surface area contributed by atoms with Gasteiger partial charge in [-0.15, -0.1) is 0 Å². The Kier molecular flexibility index (Phi) is 4.24. The molecule has 2 aromatic carbocycles. The number of fused-ring (bicyclic) bond motifs is 3. The van der Waals surface area contributed by atoms with Crippen molar-refractivity contribution in [3.05, 3.63) is 76.4 Å². The molecule has 0 fully saturated rings. The molecule has 0 saturated carbocycles. The van der Waals surface area contributed by atoms with E-state index in [1.54, 1.807) is 37.3 Å². The zero-order chi connectivity index (χ0) is 19.8. The number of hydrogen-bond donors (Lipinski definition) is 1. The summed E-state index contributed by atoms with van der Waals surface area (Å²) in [6.45, 7) is 1.78. The first-order valence-corrected chi connectivity index (χ1v) is 8.61. The molecule has 0 spiro atoms. The molecule has 2 heterocycles. The molecule has 28 heavy (non-hydrogen) atoms. The molecule has 1 atom stereocenters. The largest absolute Gasteiger partial charge is 0.370 e. The lowest BCUT2D eigenvalue weighted by Gasteiger charge is -2.11. The zero-order valence-corrected chi connectivity index (χ0v) is 14.9. The maximum Gasteiger partial charge on any atom is 0.220 e. The normalized spacial score (nSPS) is 15.0. The first-order valence-electron chi connectivity index (χ1n) is 8.61. The molecular formula is C21H15FN4O2. The number of amides is 1. The van der Waals surface area contributed by atoms with E-state index in [0.29, 0.717) is 45.0 Å². The Morgan fingerprint density at radius 1 is 1.25 bits per heavy atom. The lowest BCUT2D eigenvalue weighted by molar-refractivity contribution is -0.118. The number of benzene rings is 2. The van der Waals surface area contributed by atoms with Crippen LogP contribution in [0.2, 0.25) is 0 Å². The van der Waals surface area contributed by atoms with Crippen molar-refractivity contribution >= 4 is 11.6 Å². The monoisotopic (exact) mass is 374 g/mol. The summed E-state index contributed by atoms with van der Waals surface area (Å²) in [6.07, 6.45) is -0.0715. The number of aliphatic imine (C=N–C) groups is 1. The highest BCUT2D eigenvalue weighted by Crippen LogP contribution is 2.40. The van der Waals surface area contributed by atoms with Crippen LogP contribution >= 0.6 is 0 Å². The van der Waals surface area contributed by atoms with Crippen LogP contribution in [0.5, 0.6) is 0 Å². The van der Waals surface area contributed by atoms with Gasteiger partial charge in [-0.25, -0.2) is 4.39 Å². The maximum absolute atomic E-state index is 14.1. The Morgan fingerprint density at radius 3 is 2.68 bits per heavy atom. The molecule has 7 heteroatoms. The number of rotatable bonds is 3. The fraction of sp³-hybridized carbons (Fsp3) is 0.143. The minimum absolute atomic E-state index is 0.0715. The smallest absolute Gasteiger partial charge is 0.220 e. The second-order valence-corrected chi connectivity index (χ2v) is 6.55. The number of aromatic nitrogens is 1. The van der Waals surface area contributed by atoms with Gasteiger partial charge in [-0.3, -0.25) is 9.79 Å². The zero-order valence-electron chi connectivity index (χ0n) is 14.9. The Balaban J connectivity index is 2.00. The standard InChI is InChI=1S/C21H15FN4O2/c1-11-19-15-7-6-14(22)8-16(15)20(13-4-2-12(10-23)3-5-13)25-17(9-18(24)27)21(19)28-26-11/h2-8,17H,9H2,1H3,(H2,24,27). The summed E-state index contributed by atoms with van der Waals surface area (Å²) in [7, 11) is 0. The summed E-state index contributed by atoms with van der Waals surface area (Å²) >= 11 is 0. The van der Waals surface area contributed by atoms with Gasteiger partial charge in [-0.05, 0) is 36.8 Å². The van der Waals surface area contributed by atoms with E-state index in [1.165, 1.54) is 12.1 Å². The Bertz CT molecular complexity index is 1160. The van der Waals surface area contributed by atoms with Crippen molar-refractivity contribution < 1.29 is 13.7 Å². The molecule has 6 nitrogen and oxygen atoms in total. The van der Waals surface area contributed by atoms with Crippen molar-refractivity contribution in [3.8, 4) is 17.2 Å². The number of nitrogens with two attached hydrogens (primary N) is 1. The topological polar surface area (TPSA) is 105 Å². The van der Waals surface area contributed by atoms with Crippen LogP contribution in [0.3, 0.4) is 0 Å². The van der Waals surface area contributed by atoms with E-state index in [-0.39, 0.29) is 6.42 Å². The number of nitriles is 1. The number of carbonyl (C=O) groups is 1. The number of nitrogens with zero attached hydrogens (tertiary/aromatic N) is 3. The molecule has 3 aromatic rings. The predicted octanol–water partition coefficient (Wildman–Crippen LogP) is 3.43. The van der Waals surface area contributed by atoms with Gasteiger partial charge in [0.25, 0.3) is 0 Å². The molecule has 138 valence electrons. The minimum Gasteiger partial charge on any atom is -0.370 e. The number of primary amides is 1. The third kappa shape index (κ3) is 2.95. The predicted molar refractivity (Wildman–Crippen MR) is 100.0 cm³/mol. The van der Waals surface area contributed by atoms with Crippen LogP contribution in [0.4, 0.5) is 4.39 Å². The van der Waals surface area contributed by atoms with Crippen LogP contribution in [0.25, 0.3) is 11.1 Å². The van der Waals surface area contributed by atoms with Gasteiger partial charge < -0.3 is 10.3 Å². The molecule has 1 amide bonds. The molecule has 0 aliphatic carbocycles. The van der Waals surface area contributed by atoms with Crippen LogP contribution in [0.15, 0.2) is 52.0 Å². The summed E-state index contributed by atoms with van der Waals surface area (Å²) in [5.41, 5.74) is 9.69. The van der Waals surface area contributed by atoms with E-state index < -0.39 is 17.8 Å². The minimum atomic E-state index is -0.685. The second-order valence-electron chi connectivity index (χ2n) is 6.55. The maximum atomic E-state index is 14.1. The van der Waals surface area contributed by atoms with E-state index in [1.807, 2.05) is 0 Å². The molecule has 0 saturated heterocycles. The Hall–Kier alpha value is -3.79. The van der Waals surface area contributed by atoms with Gasteiger partial charge in [-0.2, -0.15) is 5.26 Å². The van der Waals surface area contributed by atoms with Gasteiger partial charge in [-0.1, -0.05) is 23.4 Å². The van der Waals surface area contributed by atoms with Gasteiger partial charge in [0.15, 0.2) is 5.76 Å². The molecule has 2 N–H and O–H groups in total. The highest BCUT2D eigenvalue weighted by molar-refractivity contribution is 6.17. The fourth-order valence-electron chi connectivity index (χ4n) is 3.42. The second kappa shape index (κ2) is 6.74. The molecule has 0 bridgehead atoms. The number of aryl methyl sites for hydroxylation is 1. The van der Waals surface area contributed by atoms with Crippen LogP contribution in [-0.4, -0.2) is 16.8 Å². The summed E-state index contributed by atoms with van der Waals surface area (Å²) in [6, 6.07) is 12.6. The number of carbonyl (C=O) groups excluding carboxylic acids is 1. The summed E-state index contributed by atoms with van der Waals surface area (Å²) in [5, 5.41) is 13.1. The van der Waals surface area contributed by atoms with Gasteiger partial charge in [0.1, 0.15) is 11.9 Å². The van der Waals surface area contributed by atoms with Gasteiger partial charge in [0, 0.05) is 11.1 Å². The van der Waals surface area contributed by atoms with E-state index >= 15 is 0 Å². The first kappa shape index (κ1) is 17.6. The average Bonchev–Trinajstić information content (AvgIpc) is 3.00. The number of hydrogen-bond acceptors (Lipinski definition) is 5. The molecule has 0 radical (unpaired) electrons. The van der Waals surface area contributed by atoms with E-state index in [0.717, 1.165) is 0 Å². The molecule has 4 rings (SSSR count). The Labute approximate surface area is 160 Å². The average molecular weight is 374 g/mol. The lowest BCUT2D eigenvalue weighted by Crippen LogP contribution is -2.15. The van der Waals surface area contributed by atoms with Crippen LogP contribution in [0, 0.1) is 24.1 Å². The SMILES string of the molecule is Cc1noc2c1-c1ccc(F)cc1C(c1ccc(C#N)cc1)=NC2CC(N)=O. The first-order chi connectivity index (χ1) is 13.5. The van der Waals surface area contributed by atoms with Gasteiger partial charge in [0.05, 0.1) is 35.0 Å².